The van der Waals surface area contributed by atoms with E-state index < -0.39 is 0 Å². The second kappa shape index (κ2) is 8.39. The van der Waals surface area contributed by atoms with Crippen LogP contribution in [0.15, 0.2) is 48.7 Å². The van der Waals surface area contributed by atoms with E-state index in [0.717, 1.165) is 0 Å². The highest BCUT2D eigenvalue weighted by molar-refractivity contribution is 6.04. The predicted molar refractivity (Wildman–Crippen MR) is 113 cm³/mol. The zero-order valence-electron chi connectivity index (χ0n) is 17.3. The Morgan fingerprint density at radius 1 is 1.16 bits per heavy atom. The summed E-state index contributed by atoms with van der Waals surface area (Å²) in [6.07, 6.45) is 1.53. The first kappa shape index (κ1) is 20.3. The SMILES string of the molecule is CC(C)Oc1cc(Oc2ccc3c(c2)OCN(C)C3=O)cc(C(=O)Nc2cc[nH]n2)c1. The molecule has 0 aliphatic carbocycles. The Bertz CT molecular complexity index is 1110. The van der Waals surface area contributed by atoms with Crippen molar-refractivity contribution < 1.29 is 23.8 Å². The number of fused-ring (bicyclic) bond motifs is 1. The lowest BCUT2D eigenvalue weighted by Crippen LogP contribution is -2.35. The Labute approximate surface area is 178 Å². The van der Waals surface area contributed by atoms with Crippen LogP contribution in [0.5, 0.6) is 23.0 Å². The molecule has 160 valence electrons. The number of aromatic nitrogens is 2. The van der Waals surface area contributed by atoms with E-state index in [1.807, 2.05) is 13.8 Å². The number of carbonyl (C=O) groups is 2. The number of nitrogens with one attached hydrogen (secondary N) is 2. The summed E-state index contributed by atoms with van der Waals surface area (Å²) < 4.78 is 17.4. The van der Waals surface area contributed by atoms with Crippen LogP contribution in [-0.2, 0) is 0 Å². The van der Waals surface area contributed by atoms with Gasteiger partial charge in [-0.2, -0.15) is 5.10 Å². The standard InChI is InChI=1S/C22H22N4O5/c1-13(2)30-16-8-14(21(27)24-20-6-7-23-25-20)9-17(10-16)31-15-4-5-18-19(11-15)29-12-26(3)22(18)28/h4-11,13H,12H2,1-3H3,(H2,23,24,25,27). The van der Waals surface area contributed by atoms with Gasteiger partial charge in [0.15, 0.2) is 12.5 Å². The van der Waals surface area contributed by atoms with Gasteiger partial charge in [-0.05, 0) is 38.1 Å². The van der Waals surface area contributed by atoms with Crippen molar-refractivity contribution in [2.45, 2.75) is 20.0 Å². The van der Waals surface area contributed by atoms with Crippen LogP contribution in [0.25, 0.3) is 0 Å². The van der Waals surface area contributed by atoms with Gasteiger partial charge in [0.2, 0.25) is 0 Å². The van der Waals surface area contributed by atoms with E-state index in [1.54, 1.807) is 55.7 Å². The van der Waals surface area contributed by atoms with E-state index in [2.05, 4.69) is 15.5 Å². The van der Waals surface area contributed by atoms with Crippen LogP contribution in [-0.4, -0.2) is 46.8 Å². The van der Waals surface area contributed by atoms with Crippen molar-refractivity contribution in [3.05, 3.63) is 59.8 Å². The van der Waals surface area contributed by atoms with Crippen LogP contribution in [0.1, 0.15) is 34.6 Å². The van der Waals surface area contributed by atoms with Crippen molar-refractivity contribution in [3.63, 3.8) is 0 Å². The molecule has 0 bridgehead atoms. The van der Waals surface area contributed by atoms with E-state index in [9.17, 15) is 9.59 Å². The number of carbonyl (C=O) groups excluding carboxylic acids is 2. The van der Waals surface area contributed by atoms with Gasteiger partial charge in [0, 0.05) is 37.0 Å². The van der Waals surface area contributed by atoms with Crippen LogP contribution in [0, 0.1) is 0 Å². The quantitative estimate of drug-likeness (QED) is 0.628. The number of rotatable bonds is 6. The molecule has 31 heavy (non-hydrogen) atoms. The molecule has 1 aliphatic heterocycles. The van der Waals surface area contributed by atoms with Gasteiger partial charge in [0.05, 0.1) is 11.7 Å². The predicted octanol–water partition coefficient (Wildman–Crippen LogP) is 3.66. The first-order chi connectivity index (χ1) is 14.9. The van der Waals surface area contributed by atoms with Crippen molar-refractivity contribution in [2.75, 3.05) is 19.1 Å². The Morgan fingerprint density at radius 2 is 1.97 bits per heavy atom. The van der Waals surface area contributed by atoms with Crippen molar-refractivity contribution in [1.29, 1.82) is 0 Å². The molecule has 2 aromatic carbocycles. The fourth-order valence-corrected chi connectivity index (χ4v) is 3.05. The molecule has 0 saturated heterocycles. The molecular formula is C22H22N4O5. The average molecular weight is 422 g/mol. The minimum absolute atomic E-state index is 0.0855. The maximum absolute atomic E-state index is 12.7. The van der Waals surface area contributed by atoms with Gasteiger partial charge in [-0.15, -0.1) is 0 Å². The fourth-order valence-electron chi connectivity index (χ4n) is 3.05. The first-order valence-electron chi connectivity index (χ1n) is 9.72. The second-order valence-corrected chi connectivity index (χ2v) is 7.31. The molecular weight excluding hydrogens is 400 g/mol. The molecule has 1 aliphatic rings. The molecule has 2 heterocycles. The highest BCUT2D eigenvalue weighted by Crippen LogP contribution is 2.33. The molecule has 2 N–H and O–H groups in total. The number of amides is 2. The molecule has 9 nitrogen and oxygen atoms in total. The molecule has 0 saturated carbocycles. The lowest BCUT2D eigenvalue weighted by molar-refractivity contribution is 0.0595. The van der Waals surface area contributed by atoms with Crippen molar-refractivity contribution >= 4 is 17.6 Å². The fraction of sp³-hybridized carbons (Fsp3) is 0.227. The van der Waals surface area contributed by atoms with Crippen LogP contribution in [0.3, 0.4) is 0 Å². The monoisotopic (exact) mass is 422 g/mol. The molecule has 4 rings (SSSR count). The van der Waals surface area contributed by atoms with Gasteiger partial charge >= 0.3 is 0 Å². The Balaban J connectivity index is 1.61. The first-order valence-corrected chi connectivity index (χ1v) is 9.72. The van der Waals surface area contributed by atoms with Crippen LogP contribution >= 0.6 is 0 Å². The largest absolute Gasteiger partial charge is 0.491 e. The number of aromatic amines is 1. The smallest absolute Gasteiger partial charge is 0.259 e. The van der Waals surface area contributed by atoms with E-state index in [4.69, 9.17) is 14.2 Å². The van der Waals surface area contributed by atoms with Crippen LogP contribution in [0.4, 0.5) is 5.82 Å². The van der Waals surface area contributed by atoms with E-state index in [0.29, 0.717) is 39.9 Å². The van der Waals surface area contributed by atoms with Gasteiger partial charge < -0.3 is 24.4 Å². The summed E-state index contributed by atoms with van der Waals surface area (Å²) >= 11 is 0. The van der Waals surface area contributed by atoms with Crippen molar-refractivity contribution in [1.82, 2.24) is 15.1 Å². The second-order valence-electron chi connectivity index (χ2n) is 7.31. The average Bonchev–Trinajstić information content (AvgIpc) is 3.23. The Hall–Kier alpha value is -4.01. The van der Waals surface area contributed by atoms with E-state index in [-0.39, 0.29) is 24.6 Å². The number of hydrogen-bond donors (Lipinski definition) is 2. The van der Waals surface area contributed by atoms with E-state index in [1.165, 1.54) is 4.90 Å². The highest BCUT2D eigenvalue weighted by Gasteiger charge is 2.23. The maximum Gasteiger partial charge on any atom is 0.259 e. The highest BCUT2D eigenvalue weighted by atomic mass is 16.5. The molecule has 2 amide bonds. The number of H-pyrrole nitrogens is 1. The molecule has 1 aromatic heterocycles. The zero-order chi connectivity index (χ0) is 22.0. The summed E-state index contributed by atoms with van der Waals surface area (Å²) in [5, 5.41) is 9.28. The Morgan fingerprint density at radius 3 is 2.71 bits per heavy atom. The third-order valence-corrected chi connectivity index (χ3v) is 4.44. The molecule has 3 aromatic rings. The summed E-state index contributed by atoms with van der Waals surface area (Å²) in [6.45, 7) is 3.96. The molecule has 0 spiro atoms. The summed E-state index contributed by atoms with van der Waals surface area (Å²) in [4.78, 5) is 26.4. The minimum Gasteiger partial charge on any atom is -0.491 e. The van der Waals surface area contributed by atoms with Gasteiger partial charge in [0.1, 0.15) is 23.0 Å². The number of hydrogen-bond acceptors (Lipinski definition) is 6. The summed E-state index contributed by atoms with van der Waals surface area (Å²) in [5.41, 5.74) is 0.819. The lowest BCUT2D eigenvalue weighted by atomic mass is 10.1. The van der Waals surface area contributed by atoms with Crippen molar-refractivity contribution in [3.8, 4) is 23.0 Å². The zero-order valence-corrected chi connectivity index (χ0v) is 17.3. The van der Waals surface area contributed by atoms with Crippen LogP contribution in [0.2, 0.25) is 0 Å². The number of ether oxygens (including phenoxy) is 3. The molecule has 0 radical (unpaired) electrons. The minimum atomic E-state index is -0.353. The topological polar surface area (TPSA) is 106 Å². The van der Waals surface area contributed by atoms with Gasteiger partial charge in [-0.3, -0.25) is 14.7 Å². The van der Waals surface area contributed by atoms with Gasteiger partial charge in [-0.25, -0.2) is 0 Å². The third kappa shape index (κ3) is 4.61. The number of anilines is 1. The lowest BCUT2D eigenvalue weighted by Gasteiger charge is -2.25. The molecule has 0 unspecified atom stereocenters. The third-order valence-electron chi connectivity index (χ3n) is 4.44. The summed E-state index contributed by atoms with van der Waals surface area (Å²) in [7, 11) is 1.67. The maximum atomic E-state index is 12.7. The molecule has 9 heteroatoms. The summed E-state index contributed by atoms with van der Waals surface area (Å²) in [5.74, 6) is 1.76. The molecule has 0 fully saturated rings. The van der Waals surface area contributed by atoms with E-state index >= 15 is 0 Å². The van der Waals surface area contributed by atoms with Crippen LogP contribution < -0.4 is 19.5 Å². The van der Waals surface area contributed by atoms with Gasteiger partial charge in [-0.1, -0.05) is 0 Å². The Kier molecular flexibility index (Phi) is 5.48. The molecule has 0 atom stereocenters. The van der Waals surface area contributed by atoms with Crippen molar-refractivity contribution in [2.24, 2.45) is 0 Å². The normalized spacial score (nSPS) is 12.9. The summed E-state index contributed by atoms with van der Waals surface area (Å²) in [6, 6.07) is 11.6. The number of benzene rings is 2. The number of nitrogens with zero attached hydrogens (tertiary/aromatic N) is 2. The van der Waals surface area contributed by atoms with Gasteiger partial charge in [0.25, 0.3) is 11.8 Å².